The Labute approximate surface area is 130 Å². The second-order valence-electron chi connectivity index (χ2n) is 5.35. The maximum Gasteiger partial charge on any atom is 0.416 e. The standard InChI is InChI=1S/C16H9F6NO/c1-23-12-4-2-8(15(17,18)19)6-10(12)14(24)11-7-9(16(20,21)22)3-5-13(11)23/h2-7H,1H3. The molecule has 0 aliphatic carbocycles. The third-order valence-corrected chi connectivity index (χ3v) is 3.86. The summed E-state index contributed by atoms with van der Waals surface area (Å²) in [5.41, 5.74) is -2.51. The van der Waals surface area contributed by atoms with E-state index in [0.717, 1.165) is 24.3 Å². The van der Waals surface area contributed by atoms with Gasteiger partial charge >= 0.3 is 12.4 Å². The van der Waals surface area contributed by atoms with Crippen molar-refractivity contribution in [2.24, 2.45) is 7.05 Å². The molecule has 0 atom stereocenters. The quantitative estimate of drug-likeness (QED) is 0.426. The second kappa shape index (κ2) is 4.99. The summed E-state index contributed by atoms with van der Waals surface area (Å²) < 4.78 is 78.3. The van der Waals surface area contributed by atoms with Gasteiger partial charge in [0.2, 0.25) is 0 Å². The molecule has 0 spiro atoms. The Morgan fingerprint density at radius 2 is 1.12 bits per heavy atom. The number of hydrogen-bond acceptors (Lipinski definition) is 1. The summed E-state index contributed by atoms with van der Waals surface area (Å²) >= 11 is 0. The zero-order chi connectivity index (χ0) is 17.9. The van der Waals surface area contributed by atoms with Crippen molar-refractivity contribution in [3.63, 3.8) is 0 Å². The molecule has 2 nitrogen and oxygen atoms in total. The summed E-state index contributed by atoms with van der Waals surface area (Å²) in [6.45, 7) is 0. The molecule has 2 aromatic carbocycles. The van der Waals surface area contributed by atoms with Crippen molar-refractivity contribution in [2.75, 3.05) is 0 Å². The van der Waals surface area contributed by atoms with Crippen LogP contribution in [0.5, 0.6) is 0 Å². The fourth-order valence-corrected chi connectivity index (χ4v) is 2.65. The summed E-state index contributed by atoms with van der Waals surface area (Å²) in [5.74, 6) is 0. The molecular formula is C16H9F6NO. The van der Waals surface area contributed by atoms with E-state index in [1.165, 1.54) is 11.6 Å². The molecule has 3 rings (SSSR count). The number of benzene rings is 2. The van der Waals surface area contributed by atoms with Crippen molar-refractivity contribution in [2.45, 2.75) is 12.4 Å². The van der Waals surface area contributed by atoms with Gasteiger partial charge in [-0.3, -0.25) is 4.79 Å². The first-order valence-corrected chi connectivity index (χ1v) is 6.71. The van der Waals surface area contributed by atoms with Crippen molar-refractivity contribution in [1.29, 1.82) is 0 Å². The lowest BCUT2D eigenvalue weighted by molar-refractivity contribution is -0.138. The topological polar surface area (TPSA) is 22.0 Å². The number of aryl methyl sites for hydroxylation is 1. The number of hydrogen-bond donors (Lipinski definition) is 0. The van der Waals surface area contributed by atoms with E-state index >= 15 is 0 Å². The van der Waals surface area contributed by atoms with Gasteiger partial charge in [0.1, 0.15) is 0 Å². The highest BCUT2D eigenvalue weighted by Crippen LogP contribution is 2.33. The van der Waals surface area contributed by atoms with Gasteiger partial charge in [-0.05, 0) is 36.4 Å². The van der Waals surface area contributed by atoms with E-state index < -0.39 is 28.9 Å². The predicted molar refractivity (Wildman–Crippen MR) is 76.7 cm³/mol. The van der Waals surface area contributed by atoms with Crippen LogP contribution in [0, 0.1) is 0 Å². The Morgan fingerprint density at radius 3 is 1.46 bits per heavy atom. The maximum absolute atomic E-state index is 12.8. The van der Waals surface area contributed by atoms with E-state index in [9.17, 15) is 31.1 Å². The first kappa shape index (κ1) is 16.4. The summed E-state index contributed by atoms with van der Waals surface area (Å²) in [6.07, 6.45) is -9.30. The largest absolute Gasteiger partial charge is 0.416 e. The molecule has 1 heterocycles. The highest BCUT2D eigenvalue weighted by molar-refractivity contribution is 5.94. The Hall–Kier alpha value is -2.51. The first-order chi connectivity index (χ1) is 11.0. The second-order valence-corrected chi connectivity index (χ2v) is 5.35. The van der Waals surface area contributed by atoms with E-state index in [2.05, 4.69) is 0 Å². The molecule has 126 valence electrons. The number of alkyl halides is 6. The maximum atomic E-state index is 12.8. The third-order valence-electron chi connectivity index (χ3n) is 3.86. The van der Waals surface area contributed by atoms with Crippen molar-refractivity contribution < 1.29 is 26.3 Å². The van der Waals surface area contributed by atoms with Gasteiger partial charge in [0.05, 0.1) is 22.2 Å². The van der Waals surface area contributed by atoms with Gasteiger partial charge in [-0.2, -0.15) is 26.3 Å². The summed E-state index contributed by atoms with van der Waals surface area (Å²) in [7, 11) is 1.48. The Morgan fingerprint density at radius 1 is 0.750 bits per heavy atom. The lowest BCUT2D eigenvalue weighted by atomic mass is 10.0. The van der Waals surface area contributed by atoms with Crippen molar-refractivity contribution >= 4 is 21.8 Å². The van der Waals surface area contributed by atoms with E-state index in [1.807, 2.05) is 0 Å². The van der Waals surface area contributed by atoms with Crippen LogP contribution in [0.25, 0.3) is 21.8 Å². The predicted octanol–water partition coefficient (Wildman–Crippen LogP) is 4.73. The number of fused-ring (bicyclic) bond motifs is 2. The van der Waals surface area contributed by atoms with Crippen LogP contribution in [0.15, 0.2) is 41.2 Å². The lowest BCUT2D eigenvalue weighted by Gasteiger charge is -2.14. The fourth-order valence-electron chi connectivity index (χ4n) is 2.65. The van der Waals surface area contributed by atoms with Gasteiger partial charge in [-0.1, -0.05) is 0 Å². The van der Waals surface area contributed by atoms with Crippen LogP contribution in [-0.4, -0.2) is 4.57 Å². The van der Waals surface area contributed by atoms with Crippen LogP contribution in [0.4, 0.5) is 26.3 Å². The monoisotopic (exact) mass is 345 g/mol. The Kier molecular flexibility index (Phi) is 3.40. The minimum absolute atomic E-state index is 0.209. The smallest absolute Gasteiger partial charge is 0.343 e. The minimum Gasteiger partial charge on any atom is -0.343 e. The summed E-state index contributed by atoms with van der Waals surface area (Å²) in [4.78, 5) is 12.5. The van der Waals surface area contributed by atoms with Crippen molar-refractivity contribution in [3.8, 4) is 0 Å². The molecule has 0 saturated heterocycles. The number of nitrogens with zero attached hydrogens (tertiary/aromatic N) is 1. The molecule has 0 fully saturated rings. The average Bonchev–Trinajstić information content (AvgIpc) is 2.49. The number of pyridine rings is 1. The molecule has 0 unspecified atom stereocenters. The molecule has 1 aromatic heterocycles. The van der Waals surface area contributed by atoms with Gasteiger partial charge < -0.3 is 4.57 Å². The Bertz CT molecular complexity index is 935. The SMILES string of the molecule is Cn1c2ccc(C(F)(F)F)cc2c(=O)c2cc(C(F)(F)F)ccc21. The normalized spacial score (nSPS) is 13.0. The van der Waals surface area contributed by atoms with Gasteiger partial charge in [-0.25, -0.2) is 0 Å². The van der Waals surface area contributed by atoms with E-state index in [1.54, 1.807) is 0 Å². The van der Waals surface area contributed by atoms with Crippen LogP contribution < -0.4 is 5.43 Å². The van der Waals surface area contributed by atoms with Gasteiger partial charge in [0.15, 0.2) is 5.43 Å². The summed E-state index contributed by atoms with van der Waals surface area (Å²) in [5, 5.41) is -0.557. The zero-order valence-electron chi connectivity index (χ0n) is 12.1. The zero-order valence-corrected chi connectivity index (χ0v) is 12.1. The lowest BCUT2D eigenvalue weighted by Crippen LogP contribution is -2.13. The van der Waals surface area contributed by atoms with Crippen LogP contribution in [-0.2, 0) is 19.4 Å². The molecule has 24 heavy (non-hydrogen) atoms. The number of aromatic nitrogens is 1. The van der Waals surface area contributed by atoms with E-state index in [-0.39, 0.29) is 21.8 Å². The molecular weight excluding hydrogens is 336 g/mol. The molecule has 0 radical (unpaired) electrons. The molecule has 0 aliphatic rings. The number of halogens is 6. The fraction of sp³-hybridized carbons (Fsp3) is 0.188. The summed E-state index contributed by atoms with van der Waals surface area (Å²) in [6, 6.07) is 5.26. The average molecular weight is 345 g/mol. The third kappa shape index (κ3) is 2.51. The molecule has 0 aliphatic heterocycles. The van der Waals surface area contributed by atoms with Crippen molar-refractivity contribution in [3.05, 3.63) is 57.7 Å². The van der Waals surface area contributed by atoms with Crippen LogP contribution in [0.3, 0.4) is 0 Å². The van der Waals surface area contributed by atoms with Crippen LogP contribution in [0.1, 0.15) is 11.1 Å². The van der Waals surface area contributed by atoms with Crippen molar-refractivity contribution in [1.82, 2.24) is 4.57 Å². The molecule has 0 N–H and O–H groups in total. The molecule has 8 heteroatoms. The van der Waals surface area contributed by atoms with Crippen LogP contribution in [0.2, 0.25) is 0 Å². The highest BCUT2D eigenvalue weighted by Gasteiger charge is 2.32. The van der Waals surface area contributed by atoms with Gasteiger partial charge in [-0.15, -0.1) is 0 Å². The Balaban J connectivity index is 2.44. The van der Waals surface area contributed by atoms with E-state index in [0.29, 0.717) is 12.1 Å². The van der Waals surface area contributed by atoms with Gasteiger partial charge in [0, 0.05) is 17.8 Å². The molecule has 0 saturated carbocycles. The first-order valence-electron chi connectivity index (χ1n) is 6.71. The highest BCUT2D eigenvalue weighted by atomic mass is 19.4. The molecule has 0 bridgehead atoms. The van der Waals surface area contributed by atoms with Crippen LogP contribution >= 0.6 is 0 Å². The van der Waals surface area contributed by atoms with Gasteiger partial charge in [0.25, 0.3) is 0 Å². The van der Waals surface area contributed by atoms with E-state index in [4.69, 9.17) is 0 Å². The number of rotatable bonds is 0. The molecule has 0 amide bonds. The molecule has 3 aromatic rings. The minimum atomic E-state index is -4.65.